The van der Waals surface area contributed by atoms with Crippen molar-refractivity contribution < 1.29 is 5.11 Å². The van der Waals surface area contributed by atoms with Gasteiger partial charge in [-0.15, -0.1) is 11.8 Å². The number of nitrogens with zero attached hydrogens (tertiary/aromatic N) is 1. The number of H-pyrrole nitrogens is 1. The first-order valence-electron chi connectivity index (χ1n) is 6.18. The van der Waals surface area contributed by atoms with E-state index in [1.54, 1.807) is 6.07 Å². The second-order valence-electron chi connectivity index (χ2n) is 4.62. The highest BCUT2D eigenvalue weighted by molar-refractivity contribution is 7.98. The summed E-state index contributed by atoms with van der Waals surface area (Å²) in [7, 11) is 0. The zero-order valence-electron chi connectivity index (χ0n) is 11.2. The predicted molar refractivity (Wildman–Crippen MR) is 81.6 cm³/mol. The Kier molecular flexibility index (Phi) is 4.73. The number of hydrogen-bond donors (Lipinski definition) is 2. The number of aromatic amines is 1. The van der Waals surface area contributed by atoms with Gasteiger partial charge in [0.25, 0.3) is 5.56 Å². The summed E-state index contributed by atoms with van der Waals surface area (Å²) in [6.07, 6.45) is 0. The fraction of sp³-hybridized carbons (Fsp3) is 0.286. The topological polar surface area (TPSA) is 66.0 Å². The number of nitrogens with one attached hydrogen (secondary N) is 1. The number of hydrogen-bond acceptors (Lipinski definition) is 4. The standard InChI is InChI=1S/C14H15ClN2O2S/c1-8(2)12-13(18)16-11(17-14(12)19)7-20-10-6-4-3-5-9(10)15/h3-6,8H,7H2,1-2H3,(H2,16,17,18,19). The summed E-state index contributed by atoms with van der Waals surface area (Å²) in [5, 5.41) is 10.5. The molecule has 0 aliphatic heterocycles. The number of thioether (sulfide) groups is 1. The van der Waals surface area contributed by atoms with E-state index in [9.17, 15) is 9.90 Å². The molecule has 1 aromatic carbocycles. The van der Waals surface area contributed by atoms with E-state index in [-0.39, 0.29) is 17.4 Å². The van der Waals surface area contributed by atoms with Crippen molar-refractivity contribution in [3.05, 3.63) is 51.0 Å². The van der Waals surface area contributed by atoms with E-state index < -0.39 is 0 Å². The van der Waals surface area contributed by atoms with Crippen molar-refractivity contribution in [2.24, 2.45) is 0 Å². The van der Waals surface area contributed by atoms with Crippen LogP contribution in [-0.2, 0) is 5.75 Å². The van der Waals surface area contributed by atoms with Gasteiger partial charge in [-0.05, 0) is 18.1 Å². The van der Waals surface area contributed by atoms with E-state index in [1.807, 2.05) is 32.0 Å². The zero-order valence-corrected chi connectivity index (χ0v) is 12.8. The minimum atomic E-state index is -0.290. The van der Waals surface area contributed by atoms with Crippen molar-refractivity contribution in [3.8, 4) is 5.88 Å². The molecule has 106 valence electrons. The molecule has 2 aromatic rings. The molecule has 0 atom stereocenters. The van der Waals surface area contributed by atoms with Crippen LogP contribution in [0.25, 0.3) is 0 Å². The van der Waals surface area contributed by atoms with Crippen LogP contribution in [0.1, 0.15) is 31.2 Å². The summed E-state index contributed by atoms with van der Waals surface area (Å²) in [5.74, 6) is 0.599. The molecule has 2 N–H and O–H groups in total. The summed E-state index contributed by atoms with van der Waals surface area (Å²) >= 11 is 7.51. The van der Waals surface area contributed by atoms with Gasteiger partial charge in [0.1, 0.15) is 5.82 Å². The van der Waals surface area contributed by atoms with Crippen LogP contribution in [0.15, 0.2) is 34.0 Å². The lowest BCUT2D eigenvalue weighted by atomic mass is 10.1. The zero-order chi connectivity index (χ0) is 14.7. The lowest BCUT2D eigenvalue weighted by Gasteiger charge is -2.08. The molecule has 0 saturated heterocycles. The highest BCUT2D eigenvalue weighted by atomic mass is 35.5. The summed E-state index contributed by atoms with van der Waals surface area (Å²) in [5.41, 5.74) is 0.0266. The average molecular weight is 311 g/mol. The van der Waals surface area contributed by atoms with Crippen molar-refractivity contribution in [2.75, 3.05) is 0 Å². The highest BCUT2D eigenvalue weighted by Crippen LogP contribution is 2.29. The van der Waals surface area contributed by atoms with Gasteiger partial charge in [-0.25, -0.2) is 0 Å². The summed E-state index contributed by atoms with van der Waals surface area (Å²) < 4.78 is 0. The van der Waals surface area contributed by atoms with Crippen molar-refractivity contribution in [2.45, 2.75) is 30.4 Å². The molecule has 20 heavy (non-hydrogen) atoms. The third-order valence-corrected chi connectivity index (χ3v) is 4.29. The largest absolute Gasteiger partial charge is 0.493 e. The molecule has 1 heterocycles. The smallest absolute Gasteiger partial charge is 0.258 e. The van der Waals surface area contributed by atoms with Gasteiger partial charge >= 0.3 is 0 Å². The van der Waals surface area contributed by atoms with Gasteiger partial charge in [0, 0.05) is 4.90 Å². The van der Waals surface area contributed by atoms with Gasteiger partial charge in [-0.1, -0.05) is 37.6 Å². The van der Waals surface area contributed by atoms with Gasteiger partial charge in [-0.2, -0.15) is 4.98 Å². The monoisotopic (exact) mass is 310 g/mol. The molecule has 2 rings (SSSR count). The van der Waals surface area contributed by atoms with Gasteiger partial charge in [0.15, 0.2) is 0 Å². The van der Waals surface area contributed by atoms with Crippen molar-refractivity contribution in [1.29, 1.82) is 0 Å². The van der Waals surface area contributed by atoms with E-state index in [1.165, 1.54) is 11.8 Å². The predicted octanol–water partition coefficient (Wildman–Crippen LogP) is 3.54. The van der Waals surface area contributed by atoms with Gasteiger partial charge in [0.05, 0.1) is 16.3 Å². The molecular weight excluding hydrogens is 296 g/mol. The second-order valence-corrected chi connectivity index (χ2v) is 6.05. The van der Waals surface area contributed by atoms with Crippen LogP contribution in [0.3, 0.4) is 0 Å². The minimum Gasteiger partial charge on any atom is -0.493 e. The van der Waals surface area contributed by atoms with Crippen LogP contribution in [-0.4, -0.2) is 15.1 Å². The Balaban J connectivity index is 2.20. The average Bonchev–Trinajstić information content (AvgIpc) is 2.36. The molecule has 0 unspecified atom stereocenters. The second kappa shape index (κ2) is 6.33. The Morgan fingerprint density at radius 2 is 2.10 bits per heavy atom. The van der Waals surface area contributed by atoms with Crippen molar-refractivity contribution in [3.63, 3.8) is 0 Å². The first-order valence-corrected chi connectivity index (χ1v) is 7.54. The number of benzene rings is 1. The molecule has 0 radical (unpaired) electrons. The SMILES string of the molecule is CC(C)c1c(O)nc(CSc2ccccc2Cl)[nH]c1=O. The van der Waals surface area contributed by atoms with Crippen molar-refractivity contribution in [1.82, 2.24) is 9.97 Å². The van der Waals surface area contributed by atoms with Gasteiger partial charge < -0.3 is 10.1 Å². The van der Waals surface area contributed by atoms with E-state index in [4.69, 9.17) is 11.6 Å². The molecule has 1 aromatic heterocycles. The molecule has 0 aliphatic carbocycles. The van der Waals surface area contributed by atoms with Crippen LogP contribution in [0, 0.1) is 0 Å². The minimum absolute atomic E-state index is 0.0727. The van der Waals surface area contributed by atoms with Crippen LogP contribution >= 0.6 is 23.4 Å². The molecule has 0 aliphatic rings. The maximum Gasteiger partial charge on any atom is 0.258 e. The number of halogens is 1. The molecule has 6 heteroatoms. The fourth-order valence-electron chi connectivity index (χ4n) is 1.81. The number of rotatable bonds is 4. The van der Waals surface area contributed by atoms with E-state index in [0.717, 1.165) is 4.90 Å². The number of aromatic nitrogens is 2. The molecule has 0 fully saturated rings. The van der Waals surface area contributed by atoms with Crippen LogP contribution in [0.4, 0.5) is 0 Å². The summed E-state index contributed by atoms with van der Waals surface area (Å²) in [6.45, 7) is 3.67. The fourth-order valence-corrected chi connectivity index (χ4v) is 2.92. The number of aromatic hydroxyl groups is 1. The van der Waals surface area contributed by atoms with Crippen LogP contribution in [0.2, 0.25) is 5.02 Å². The molecular formula is C14H15ClN2O2S. The third-order valence-electron chi connectivity index (χ3n) is 2.76. The molecule has 0 amide bonds. The Morgan fingerprint density at radius 3 is 2.70 bits per heavy atom. The van der Waals surface area contributed by atoms with Crippen LogP contribution in [0.5, 0.6) is 5.88 Å². The van der Waals surface area contributed by atoms with E-state index >= 15 is 0 Å². The van der Waals surface area contributed by atoms with Crippen LogP contribution < -0.4 is 5.56 Å². The Bertz CT molecular complexity index is 670. The quantitative estimate of drug-likeness (QED) is 0.848. The normalized spacial score (nSPS) is 11.0. The Hall–Kier alpha value is -1.46. The summed E-state index contributed by atoms with van der Waals surface area (Å²) in [6, 6.07) is 7.45. The first-order chi connectivity index (χ1) is 9.49. The van der Waals surface area contributed by atoms with Gasteiger partial charge in [0.2, 0.25) is 5.88 Å². The summed E-state index contributed by atoms with van der Waals surface area (Å²) in [4.78, 5) is 19.5. The van der Waals surface area contributed by atoms with E-state index in [2.05, 4.69) is 9.97 Å². The maximum atomic E-state index is 11.9. The third kappa shape index (κ3) is 3.35. The lowest BCUT2D eigenvalue weighted by molar-refractivity contribution is 0.437. The first kappa shape index (κ1) is 14.9. The molecule has 0 spiro atoms. The Labute approximate surface area is 126 Å². The molecule has 0 saturated carbocycles. The maximum absolute atomic E-state index is 11.9. The molecule has 0 bridgehead atoms. The lowest BCUT2D eigenvalue weighted by Crippen LogP contribution is -2.17. The van der Waals surface area contributed by atoms with Crippen molar-refractivity contribution >= 4 is 23.4 Å². The van der Waals surface area contributed by atoms with E-state index in [0.29, 0.717) is 22.2 Å². The van der Waals surface area contributed by atoms with Gasteiger partial charge in [-0.3, -0.25) is 4.79 Å². The molecule has 4 nitrogen and oxygen atoms in total. The Morgan fingerprint density at radius 1 is 1.40 bits per heavy atom. The highest BCUT2D eigenvalue weighted by Gasteiger charge is 2.14.